The maximum atomic E-state index is 13.2. The van der Waals surface area contributed by atoms with Gasteiger partial charge in [-0.05, 0) is 58.2 Å². The lowest BCUT2D eigenvalue weighted by atomic mass is 9.90. The zero-order valence-corrected chi connectivity index (χ0v) is 24.3. The summed E-state index contributed by atoms with van der Waals surface area (Å²) in [6.45, 7) is 4.70. The number of hydrogen-bond acceptors (Lipinski definition) is 9. The van der Waals surface area contributed by atoms with Gasteiger partial charge in [0, 0.05) is 23.4 Å². The molecule has 2 aliphatic rings. The number of H-pyrrole nitrogens is 1. The summed E-state index contributed by atoms with van der Waals surface area (Å²) in [5.74, 6) is -3.36. The Morgan fingerprint density at radius 3 is 2.57 bits per heavy atom. The van der Waals surface area contributed by atoms with E-state index in [2.05, 4.69) is 20.9 Å². The van der Waals surface area contributed by atoms with Crippen LogP contribution in [0.3, 0.4) is 0 Å². The SMILES string of the molecule is COc1cccc2[nH]c(C(=O)NCC(=O)NC(C[C@@H]3CCCNC3=O)C(=O)COC(=O)C3(C)COC(C)(C)OC3)cc12. The van der Waals surface area contributed by atoms with Crippen LogP contribution in [0.25, 0.3) is 10.9 Å². The van der Waals surface area contributed by atoms with E-state index in [1.165, 1.54) is 7.11 Å². The molecule has 0 bridgehead atoms. The van der Waals surface area contributed by atoms with Crippen LogP contribution in [0.4, 0.5) is 0 Å². The number of rotatable bonds is 11. The maximum absolute atomic E-state index is 13.2. The average Bonchev–Trinajstić information content (AvgIpc) is 3.42. The first-order valence-electron chi connectivity index (χ1n) is 13.9. The molecule has 42 heavy (non-hydrogen) atoms. The molecule has 2 aromatic rings. The minimum Gasteiger partial charge on any atom is -0.496 e. The molecule has 1 aromatic carbocycles. The Morgan fingerprint density at radius 1 is 1.14 bits per heavy atom. The van der Waals surface area contributed by atoms with E-state index in [1.54, 1.807) is 45.0 Å². The fraction of sp³-hybridized carbons (Fsp3) is 0.552. The van der Waals surface area contributed by atoms with Gasteiger partial charge >= 0.3 is 5.97 Å². The number of Topliss-reactive ketones (excluding diaryl/α,β-unsaturated/α-hetero) is 1. The molecule has 4 N–H and O–H groups in total. The summed E-state index contributed by atoms with van der Waals surface area (Å²) in [4.78, 5) is 66.9. The molecule has 0 saturated carbocycles. The Hall–Kier alpha value is -3.97. The minimum absolute atomic E-state index is 0.0292. The molecule has 0 spiro atoms. The summed E-state index contributed by atoms with van der Waals surface area (Å²) < 4.78 is 21.8. The van der Waals surface area contributed by atoms with Gasteiger partial charge in [-0.1, -0.05) is 6.07 Å². The van der Waals surface area contributed by atoms with E-state index >= 15 is 0 Å². The predicted octanol–water partition coefficient (Wildman–Crippen LogP) is 1.21. The van der Waals surface area contributed by atoms with Gasteiger partial charge in [-0.3, -0.25) is 24.0 Å². The number of fused-ring (bicyclic) bond motifs is 1. The fourth-order valence-electron chi connectivity index (χ4n) is 4.82. The molecule has 1 aromatic heterocycles. The van der Waals surface area contributed by atoms with Crippen molar-refractivity contribution < 1.29 is 42.9 Å². The van der Waals surface area contributed by atoms with Crippen molar-refractivity contribution in [1.29, 1.82) is 0 Å². The zero-order chi connectivity index (χ0) is 30.5. The molecule has 0 aliphatic carbocycles. The van der Waals surface area contributed by atoms with Crippen LogP contribution in [-0.2, 0) is 33.4 Å². The van der Waals surface area contributed by atoms with Crippen molar-refractivity contribution in [3.63, 3.8) is 0 Å². The second-order valence-corrected chi connectivity index (χ2v) is 11.4. The lowest BCUT2D eigenvalue weighted by molar-refractivity contribution is -0.281. The van der Waals surface area contributed by atoms with Crippen LogP contribution in [0.15, 0.2) is 24.3 Å². The van der Waals surface area contributed by atoms with Crippen LogP contribution in [0.1, 0.15) is 50.5 Å². The number of ether oxygens (including phenoxy) is 4. The first-order chi connectivity index (χ1) is 19.9. The molecule has 13 heteroatoms. The van der Waals surface area contributed by atoms with Crippen molar-refractivity contribution in [2.45, 2.75) is 51.9 Å². The smallest absolute Gasteiger partial charge is 0.316 e. The Balaban J connectivity index is 1.36. The van der Waals surface area contributed by atoms with Crippen LogP contribution in [0.5, 0.6) is 5.75 Å². The minimum atomic E-state index is -1.11. The average molecular weight is 587 g/mol. The Kier molecular flexibility index (Phi) is 9.52. The first kappa shape index (κ1) is 31.0. The van der Waals surface area contributed by atoms with Crippen molar-refractivity contribution in [3.05, 3.63) is 30.0 Å². The van der Waals surface area contributed by atoms with Gasteiger partial charge in [0.05, 0.1) is 32.9 Å². The summed E-state index contributed by atoms with van der Waals surface area (Å²) in [6.07, 6.45) is 1.32. The van der Waals surface area contributed by atoms with Crippen LogP contribution in [0, 0.1) is 11.3 Å². The van der Waals surface area contributed by atoms with Gasteiger partial charge in [0.15, 0.2) is 18.2 Å². The number of esters is 1. The number of amides is 3. The highest BCUT2D eigenvalue weighted by Gasteiger charge is 2.44. The summed E-state index contributed by atoms with van der Waals surface area (Å²) in [7, 11) is 1.53. The third kappa shape index (κ3) is 7.45. The topological polar surface area (TPSA) is 174 Å². The zero-order valence-electron chi connectivity index (χ0n) is 24.3. The monoisotopic (exact) mass is 586 g/mol. The molecular weight excluding hydrogens is 548 g/mol. The molecule has 3 amide bonds. The van der Waals surface area contributed by atoms with E-state index in [9.17, 15) is 24.0 Å². The van der Waals surface area contributed by atoms with E-state index < -0.39 is 59.9 Å². The Bertz CT molecular complexity index is 1340. The van der Waals surface area contributed by atoms with Crippen LogP contribution < -0.4 is 20.7 Å². The number of benzene rings is 1. The Labute approximate surface area is 243 Å². The van der Waals surface area contributed by atoms with E-state index in [-0.39, 0.29) is 31.2 Å². The van der Waals surface area contributed by atoms with Crippen molar-refractivity contribution in [1.82, 2.24) is 20.9 Å². The van der Waals surface area contributed by atoms with Crippen molar-refractivity contribution >= 4 is 40.4 Å². The first-order valence-corrected chi connectivity index (χ1v) is 13.9. The number of carbonyl (C=O) groups is 5. The number of hydrogen-bond donors (Lipinski definition) is 4. The second kappa shape index (κ2) is 12.9. The summed E-state index contributed by atoms with van der Waals surface area (Å²) in [5.41, 5.74) is -0.179. The largest absolute Gasteiger partial charge is 0.496 e. The summed E-state index contributed by atoms with van der Waals surface area (Å²) in [5, 5.41) is 8.62. The standard InChI is InChI=1S/C29H38N4O9/c1-28(2)41-15-29(3,16-42-28)27(38)40-14-22(34)20(11-17-7-6-10-30-25(17)36)33-24(35)13-31-26(37)21-12-18-19(32-21)8-5-9-23(18)39-4/h5,8-9,12,17,20,32H,6-7,10-11,13-16H2,1-4H3,(H,30,36)(H,31,37)(H,33,35)/t17-,20?/m0/s1. The van der Waals surface area contributed by atoms with Crippen LogP contribution >= 0.6 is 0 Å². The molecule has 13 nitrogen and oxygen atoms in total. The number of piperidine rings is 1. The number of aromatic nitrogens is 1. The number of aromatic amines is 1. The quantitative estimate of drug-likeness (QED) is 0.282. The second-order valence-electron chi connectivity index (χ2n) is 11.4. The number of nitrogens with one attached hydrogen (secondary N) is 4. The van der Waals surface area contributed by atoms with E-state index in [1.807, 2.05) is 0 Å². The maximum Gasteiger partial charge on any atom is 0.316 e. The third-order valence-corrected chi connectivity index (χ3v) is 7.46. The highest BCUT2D eigenvalue weighted by molar-refractivity contribution is 6.01. The van der Waals surface area contributed by atoms with Crippen molar-refractivity contribution in [3.8, 4) is 5.75 Å². The van der Waals surface area contributed by atoms with Crippen LogP contribution in [-0.4, -0.2) is 86.3 Å². The molecule has 0 radical (unpaired) electrons. The summed E-state index contributed by atoms with van der Waals surface area (Å²) >= 11 is 0. The number of ketones is 1. The lowest BCUT2D eigenvalue weighted by Crippen LogP contribution is -2.51. The summed E-state index contributed by atoms with van der Waals surface area (Å²) in [6, 6.07) is 5.85. The third-order valence-electron chi connectivity index (χ3n) is 7.46. The number of methoxy groups -OCH3 is 1. The van der Waals surface area contributed by atoms with E-state index in [4.69, 9.17) is 18.9 Å². The van der Waals surface area contributed by atoms with Crippen molar-refractivity contribution in [2.75, 3.05) is 40.0 Å². The molecule has 4 rings (SSSR count). The van der Waals surface area contributed by atoms with E-state index in [0.717, 1.165) is 6.42 Å². The highest BCUT2D eigenvalue weighted by Crippen LogP contribution is 2.30. The Morgan fingerprint density at radius 2 is 1.88 bits per heavy atom. The molecular formula is C29H38N4O9. The normalized spacial score (nSPS) is 20.2. The molecule has 2 saturated heterocycles. The van der Waals surface area contributed by atoms with Crippen molar-refractivity contribution in [2.24, 2.45) is 11.3 Å². The lowest BCUT2D eigenvalue weighted by Gasteiger charge is -2.39. The van der Waals surface area contributed by atoms with Gasteiger partial charge in [-0.15, -0.1) is 0 Å². The van der Waals surface area contributed by atoms with Gasteiger partial charge in [0.2, 0.25) is 11.8 Å². The predicted molar refractivity (Wildman–Crippen MR) is 150 cm³/mol. The molecule has 3 heterocycles. The van der Waals surface area contributed by atoms with E-state index in [0.29, 0.717) is 29.6 Å². The fourth-order valence-corrected chi connectivity index (χ4v) is 4.82. The van der Waals surface area contributed by atoms with Gasteiger partial charge in [0.25, 0.3) is 5.91 Å². The molecule has 2 aliphatic heterocycles. The van der Waals surface area contributed by atoms with Crippen LogP contribution in [0.2, 0.25) is 0 Å². The van der Waals surface area contributed by atoms with Gasteiger partial charge in [-0.25, -0.2) is 0 Å². The van der Waals surface area contributed by atoms with Gasteiger partial charge in [-0.2, -0.15) is 0 Å². The molecule has 2 atom stereocenters. The molecule has 228 valence electrons. The van der Waals surface area contributed by atoms with Gasteiger partial charge in [0.1, 0.15) is 16.9 Å². The highest BCUT2D eigenvalue weighted by atomic mass is 16.7. The molecule has 2 fully saturated rings. The number of carbonyl (C=O) groups excluding carboxylic acids is 5. The molecule has 1 unspecified atom stereocenters. The van der Waals surface area contributed by atoms with Gasteiger partial charge < -0.3 is 39.9 Å².